The molecule has 2 rings (SSSR count). The van der Waals surface area contributed by atoms with Gasteiger partial charge in [-0.05, 0) is 24.8 Å². The lowest BCUT2D eigenvalue weighted by Gasteiger charge is -2.05. The van der Waals surface area contributed by atoms with Gasteiger partial charge in [0, 0.05) is 17.4 Å². The first kappa shape index (κ1) is 13.4. The van der Waals surface area contributed by atoms with Crippen molar-refractivity contribution in [2.45, 2.75) is 23.5 Å². The van der Waals surface area contributed by atoms with E-state index in [1.165, 1.54) is 0 Å². The van der Waals surface area contributed by atoms with Gasteiger partial charge in [-0.15, -0.1) is 0 Å². The van der Waals surface area contributed by atoms with Gasteiger partial charge in [0.25, 0.3) is 10.0 Å². The first-order chi connectivity index (χ1) is 8.54. The smallest absolute Gasteiger partial charge is 0.263 e. The van der Waals surface area contributed by atoms with Crippen molar-refractivity contribution >= 4 is 27.6 Å². The van der Waals surface area contributed by atoms with Crippen LogP contribution in [-0.2, 0) is 10.0 Å². The largest absolute Gasteiger partial charge is 0.267 e. The SMILES string of the molecule is CSC(C)CCN=C1NS(=O)(=O)c2ccccc21. The molecule has 6 heteroatoms. The van der Waals surface area contributed by atoms with Gasteiger partial charge in [0.2, 0.25) is 0 Å². The molecule has 1 aliphatic rings. The van der Waals surface area contributed by atoms with Gasteiger partial charge in [-0.2, -0.15) is 11.8 Å². The van der Waals surface area contributed by atoms with Crippen LogP contribution in [0.15, 0.2) is 34.2 Å². The minimum atomic E-state index is -3.40. The van der Waals surface area contributed by atoms with E-state index in [4.69, 9.17) is 0 Å². The summed E-state index contributed by atoms with van der Waals surface area (Å²) in [5.74, 6) is 0.471. The normalized spacial score (nSPS) is 20.4. The van der Waals surface area contributed by atoms with Crippen molar-refractivity contribution in [1.29, 1.82) is 0 Å². The van der Waals surface area contributed by atoms with Gasteiger partial charge in [-0.1, -0.05) is 19.1 Å². The molecule has 98 valence electrons. The molecule has 0 aromatic heterocycles. The van der Waals surface area contributed by atoms with Crippen LogP contribution in [0.4, 0.5) is 0 Å². The van der Waals surface area contributed by atoms with E-state index >= 15 is 0 Å². The summed E-state index contributed by atoms with van der Waals surface area (Å²) >= 11 is 1.78. The van der Waals surface area contributed by atoms with E-state index in [1.54, 1.807) is 30.0 Å². The molecule has 0 aliphatic carbocycles. The number of hydrogen-bond acceptors (Lipinski definition) is 4. The number of benzene rings is 1. The second-order valence-electron chi connectivity index (χ2n) is 4.17. The average molecular weight is 284 g/mol. The Labute approximate surface area is 112 Å². The third kappa shape index (κ3) is 2.70. The number of thioether (sulfide) groups is 1. The number of amidine groups is 1. The molecule has 1 atom stereocenters. The first-order valence-corrected chi connectivity index (χ1v) is 8.51. The van der Waals surface area contributed by atoms with Gasteiger partial charge in [-0.25, -0.2) is 8.42 Å². The minimum absolute atomic E-state index is 0.321. The van der Waals surface area contributed by atoms with Gasteiger partial charge in [0.1, 0.15) is 5.84 Å². The van der Waals surface area contributed by atoms with Gasteiger partial charge < -0.3 is 0 Å². The zero-order valence-electron chi connectivity index (χ0n) is 10.4. The molecule has 0 spiro atoms. The van der Waals surface area contributed by atoms with E-state index in [1.807, 2.05) is 6.07 Å². The van der Waals surface area contributed by atoms with Crippen LogP contribution in [-0.4, -0.2) is 32.3 Å². The molecule has 0 saturated heterocycles. The van der Waals surface area contributed by atoms with E-state index in [2.05, 4.69) is 22.9 Å². The predicted octanol–water partition coefficient (Wildman–Crippen LogP) is 1.87. The lowest BCUT2D eigenvalue weighted by Crippen LogP contribution is -2.22. The fourth-order valence-electron chi connectivity index (χ4n) is 1.73. The molecule has 0 saturated carbocycles. The van der Waals surface area contributed by atoms with Crippen molar-refractivity contribution in [1.82, 2.24) is 4.72 Å². The minimum Gasteiger partial charge on any atom is -0.267 e. The molecule has 1 aliphatic heterocycles. The highest BCUT2D eigenvalue weighted by Crippen LogP contribution is 2.22. The molecule has 1 aromatic carbocycles. The maximum absolute atomic E-state index is 11.8. The Bertz CT molecular complexity index is 567. The number of sulfonamides is 1. The molecule has 4 nitrogen and oxygen atoms in total. The van der Waals surface area contributed by atoms with Crippen molar-refractivity contribution < 1.29 is 8.42 Å². The maximum Gasteiger partial charge on any atom is 0.263 e. The maximum atomic E-state index is 11.8. The highest BCUT2D eigenvalue weighted by molar-refractivity contribution is 7.99. The van der Waals surface area contributed by atoms with Gasteiger partial charge in [-0.3, -0.25) is 9.71 Å². The third-order valence-corrected chi connectivity index (χ3v) is 5.31. The van der Waals surface area contributed by atoms with Crippen LogP contribution in [0.1, 0.15) is 18.9 Å². The number of fused-ring (bicyclic) bond motifs is 1. The van der Waals surface area contributed by atoms with Crippen LogP contribution in [0.3, 0.4) is 0 Å². The highest BCUT2D eigenvalue weighted by atomic mass is 32.2. The molecule has 1 unspecified atom stereocenters. The van der Waals surface area contributed by atoms with E-state index < -0.39 is 10.0 Å². The molecular weight excluding hydrogens is 268 g/mol. The number of nitrogens with one attached hydrogen (secondary N) is 1. The Morgan fingerprint density at radius 3 is 2.83 bits per heavy atom. The van der Waals surface area contributed by atoms with Gasteiger partial charge >= 0.3 is 0 Å². The zero-order valence-corrected chi connectivity index (χ0v) is 12.0. The number of aliphatic imine (C=N–C) groups is 1. The van der Waals surface area contributed by atoms with Crippen molar-refractivity contribution in [2.75, 3.05) is 12.8 Å². The molecule has 0 amide bonds. The number of nitrogens with zero attached hydrogens (tertiary/aromatic N) is 1. The summed E-state index contributed by atoms with van der Waals surface area (Å²) in [7, 11) is -3.40. The molecule has 0 radical (unpaired) electrons. The molecular formula is C12H16N2O2S2. The highest BCUT2D eigenvalue weighted by Gasteiger charge is 2.29. The second-order valence-corrected chi connectivity index (χ2v) is 7.09. The Morgan fingerprint density at radius 2 is 2.11 bits per heavy atom. The van der Waals surface area contributed by atoms with Crippen LogP contribution >= 0.6 is 11.8 Å². The van der Waals surface area contributed by atoms with Crippen molar-refractivity contribution in [3.05, 3.63) is 29.8 Å². The standard InChI is InChI=1S/C12H16N2O2S2/c1-9(17-2)7-8-13-12-10-5-3-4-6-11(10)18(15,16)14-12/h3-6,9H,7-8H2,1-2H3,(H,13,14). The van der Waals surface area contributed by atoms with E-state index in [0.717, 1.165) is 6.42 Å². The van der Waals surface area contributed by atoms with Crippen LogP contribution in [0.25, 0.3) is 0 Å². The molecule has 1 aromatic rings. The Balaban J connectivity index is 2.20. The fourth-order valence-corrected chi connectivity index (χ4v) is 3.32. The Hall–Kier alpha value is -1.01. The predicted molar refractivity (Wildman–Crippen MR) is 75.8 cm³/mol. The van der Waals surface area contributed by atoms with Gasteiger partial charge in [0.15, 0.2) is 0 Å². The monoisotopic (exact) mass is 284 g/mol. The summed E-state index contributed by atoms with van der Waals surface area (Å²) in [6, 6.07) is 6.92. The summed E-state index contributed by atoms with van der Waals surface area (Å²) < 4.78 is 26.1. The van der Waals surface area contributed by atoms with Crippen LogP contribution in [0, 0.1) is 0 Å². The fraction of sp³-hybridized carbons (Fsp3) is 0.417. The average Bonchev–Trinajstić information content (AvgIpc) is 2.62. The molecule has 0 bridgehead atoms. The van der Waals surface area contributed by atoms with Crippen molar-refractivity contribution in [2.24, 2.45) is 4.99 Å². The first-order valence-electron chi connectivity index (χ1n) is 5.74. The third-order valence-electron chi connectivity index (χ3n) is 2.87. The van der Waals surface area contributed by atoms with E-state index in [-0.39, 0.29) is 0 Å². The quantitative estimate of drug-likeness (QED) is 0.918. The van der Waals surface area contributed by atoms with Crippen LogP contribution in [0.2, 0.25) is 0 Å². The van der Waals surface area contributed by atoms with Crippen molar-refractivity contribution in [3.63, 3.8) is 0 Å². The van der Waals surface area contributed by atoms with E-state index in [9.17, 15) is 8.42 Å². The van der Waals surface area contributed by atoms with Crippen LogP contribution < -0.4 is 4.72 Å². The lowest BCUT2D eigenvalue weighted by molar-refractivity contribution is 0.595. The second kappa shape index (κ2) is 5.32. The Kier molecular flexibility index (Phi) is 3.97. The molecule has 1 N–H and O–H groups in total. The summed E-state index contributed by atoms with van der Waals surface area (Å²) in [5.41, 5.74) is 0.675. The number of rotatable bonds is 4. The Morgan fingerprint density at radius 1 is 1.39 bits per heavy atom. The summed E-state index contributed by atoms with van der Waals surface area (Å²) in [4.78, 5) is 4.68. The lowest BCUT2D eigenvalue weighted by atomic mass is 10.2. The van der Waals surface area contributed by atoms with Gasteiger partial charge in [0.05, 0.1) is 4.90 Å². The number of hydrogen-bond donors (Lipinski definition) is 1. The molecule has 0 fully saturated rings. The van der Waals surface area contributed by atoms with E-state index in [0.29, 0.717) is 28.1 Å². The summed E-state index contributed by atoms with van der Waals surface area (Å²) in [6.45, 7) is 2.77. The topological polar surface area (TPSA) is 58.5 Å². The summed E-state index contributed by atoms with van der Waals surface area (Å²) in [5, 5.41) is 0.530. The zero-order chi connectivity index (χ0) is 13.2. The van der Waals surface area contributed by atoms with Crippen LogP contribution in [0.5, 0.6) is 0 Å². The summed E-state index contributed by atoms with van der Waals surface area (Å²) in [6.07, 6.45) is 3.00. The molecule has 1 heterocycles. The molecule has 18 heavy (non-hydrogen) atoms. The van der Waals surface area contributed by atoms with Crippen molar-refractivity contribution in [3.8, 4) is 0 Å².